The quantitative estimate of drug-likeness (QED) is 0.289. The molecule has 30 heavy (non-hydrogen) atoms. The predicted molar refractivity (Wildman–Crippen MR) is 102 cm³/mol. The lowest BCUT2D eigenvalue weighted by Crippen LogP contribution is -2.25. The monoisotopic (exact) mass is 420 g/mol. The maximum atomic E-state index is 12.8. The minimum absolute atomic E-state index is 0.0654. The van der Waals surface area contributed by atoms with Crippen molar-refractivity contribution in [1.82, 2.24) is 10.5 Å². The van der Waals surface area contributed by atoms with Crippen LogP contribution in [0.4, 0.5) is 13.2 Å². The summed E-state index contributed by atoms with van der Waals surface area (Å²) < 4.78 is 47.9. The molecule has 0 aliphatic rings. The summed E-state index contributed by atoms with van der Waals surface area (Å²) in [5, 5.41) is 0. The number of aromatic nitrogens is 1. The molecule has 0 atom stereocenters. The van der Waals surface area contributed by atoms with Gasteiger partial charge in [-0.15, -0.1) is 6.42 Å². The molecule has 2 rings (SSSR count). The molecule has 0 unspecified atom stereocenters. The van der Waals surface area contributed by atoms with Gasteiger partial charge in [0.25, 0.3) is 5.91 Å². The van der Waals surface area contributed by atoms with Gasteiger partial charge in [-0.3, -0.25) is 9.63 Å². The lowest BCUT2D eigenvalue weighted by atomic mass is 10.1. The second-order valence-corrected chi connectivity index (χ2v) is 5.79. The van der Waals surface area contributed by atoms with Crippen LogP contribution in [0.2, 0.25) is 0 Å². The van der Waals surface area contributed by atoms with Gasteiger partial charge in [-0.2, -0.15) is 13.2 Å². The van der Waals surface area contributed by atoms with E-state index in [-0.39, 0.29) is 24.7 Å². The molecule has 9 heteroatoms. The molecule has 158 valence electrons. The Morgan fingerprint density at radius 1 is 1.23 bits per heavy atom. The van der Waals surface area contributed by atoms with Gasteiger partial charge in [-0.25, -0.2) is 10.5 Å². The van der Waals surface area contributed by atoms with Crippen molar-refractivity contribution in [3.05, 3.63) is 71.4 Å². The summed E-state index contributed by atoms with van der Waals surface area (Å²) in [5.41, 5.74) is 3.78. The maximum Gasteiger partial charge on any atom is 0.452 e. The van der Waals surface area contributed by atoms with E-state index in [1.54, 1.807) is 24.3 Å². The predicted octanol–water partition coefficient (Wildman–Crippen LogP) is 3.79. The Morgan fingerprint density at radius 3 is 2.60 bits per heavy atom. The number of benzene rings is 1. The minimum atomic E-state index is -4.63. The molecule has 1 aromatic carbocycles. The van der Waals surface area contributed by atoms with Crippen LogP contribution in [0.5, 0.6) is 5.75 Å². The van der Waals surface area contributed by atoms with Crippen LogP contribution in [0.15, 0.2) is 54.5 Å². The van der Waals surface area contributed by atoms with Gasteiger partial charge in [0.05, 0.1) is 6.61 Å². The van der Waals surface area contributed by atoms with E-state index in [1.807, 2.05) is 0 Å². The van der Waals surface area contributed by atoms with Crippen LogP contribution in [0, 0.1) is 12.3 Å². The molecule has 0 saturated carbocycles. The van der Waals surface area contributed by atoms with Gasteiger partial charge in [0.2, 0.25) is 5.76 Å². The standard InChI is InChI=1S/C21H19F3N2O4/c1-3-12-30-26-20(27)18-7-5-6-16(25-18)13-15-8-10-17(11-9-15)29-14-19(28-4-2)21(22,23)24/h1,5-11,14H,4,12-13H2,2H3,(H,26,27)/b19-14-. The summed E-state index contributed by atoms with van der Waals surface area (Å²) in [6.45, 7) is 1.25. The van der Waals surface area contributed by atoms with E-state index >= 15 is 0 Å². The average Bonchev–Trinajstić information content (AvgIpc) is 2.71. The molecule has 0 aliphatic carbocycles. The van der Waals surface area contributed by atoms with E-state index in [4.69, 9.17) is 16.0 Å². The zero-order valence-corrected chi connectivity index (χ0v) is 16.0. The number of carbonyl (C=O) groups excluding carboxylic acids is 1. The number of carbonyl (C=O) groups is 1. The lowest BCUT2D eigenvalue weighted by molar-refractivity contribution is -0.132. The first-order valence-corrected chi connectivity index (χ1v) is 8.80. The molecule has 0 aliphatic heterocycles. The van der Waals surface area contributed by atoms with Gasteiger partial charge >= 0.3 is 6.18 Å². The van der Waals surface area contributed by atoms with Crippen molar-refractivity contribution in [3.63, 3.8) is 0 Å². The summed E-state index contributed by atoms with van der Waals surface area (Å²) >= 11 is 0. The normalized spacial score (nSPS) is 11.5. The van der Waals surface area contributed by atoms with Crippen LogP contribution < -0.4 is 10.2 Å². The van der Waals surface area contributed by atoms with Crippen LogP contribution in [-0.4, -0.2) is 30.3 Å². The summed E-state index contributed by atoms with van der Waals surface area (Å²) in [6, 6.07) is 11.4. The van der Waals surface area contributed by atoms with Crippen molar-refractivity contribution in [3.8, 4) is 18.1 Å². The molecule has 1 aromatic heterocycles. The number of nitrogens with one attached hydrogen (secondary N) is 1. The number of hydroxylamine groups is 1. The maximum absolute atomic E-state index is 12.8. The van der Waals surface area contributed by atoms with Crippen molar-refractivity contribution < 1.29 is 32.3 Å². The fourth-order valence-electron chi connectivity index (χ4n) is 2.25. The van der Waals surface area contributed by atoms with E-state index in [2.05, 4.69) is 21.1 Å². The van der Waals surface area contributed by atoms with Crippen LogP contribution in [0.3, 0.4) is 0 Å². The fraction of sp³-hybridized carbons (Fsp3) is 0.238. The van der Waals surface area contributed by atoms with Gasteiger partial charge in [0.15, 0.2) is 0 Å². The third-order valence-electron chi connectivity index (χ3n) is 3.55. The number of halogens is 3. The second kappa shape index (κ2) is 10.9. The van der Waals surface area contributed by atoms with Crippen LogP contribution in [0.25, 0.3) is 0 Å². The van der Waals surface area contributed by atoms with Gasteiger partial charge in [-0.05, 0) is 36.8 Å². The van der Waals surface area contributed by atoms with Crippen molar-refractivity contribution >= 4 is 5.91 Å². The van der Waals surface area contributed by atoms with Crippen LogP contribution in [-0.2, 0) is 16.0 Å². The average molecular weight is 420 g/mol. The molecule has 1 heterocycles. The van der Waals surface area contributed by atoms with Gasteiger partial charge < -0.3 is 9.47 Å². The highest BCUT2D eigenvalue weighted by molar-refractivity contribution is 5.91. The Morgan fingerprint density at radius 2 is 1.97 bits per heavy atom. The van der Waals surface area contributed by atoms with E-state index in [9.17, 15) is 18.0 Å². The molecule has 0 saturated heterocycles. The second-order valence-electron chi connectivity index (χ2n) is 5.79. The van der Waals surface area contributed by atoms with Gasteiger partial charge in [-0.1, -0.05) is 24.1 Å². The Hall–Kier alpha value is -3.51. The number of allylic oxidation sites excluding steroid dienone is 1. The first-order valence-electron chi connectivity index (χ1n) is 8.80. The number of hydrogen-bond acceptors (Lipinski definition) is 5. The Labute approximate surface area is 171 Å². The van der Waals surface area contributed by atoms with Crippen molar-refractivity contribution in [1.29, 1.82) is 0 Å². The number of amides is 1. The SMILES string of the molecule is C#CCONC(=O)c1cccc(Cc2ccc(O/C=C(\OCC)C(F)(F)F)cc2)n1. The molecule has 0 fully saturated rings. The lowest BCUT2D eigenvalue weighted by Gasteiger charge is -2.12. The number of nitrogens with zero attached hydrogens (tertiary/aromatic N) is 1. The number of hydrogen-bond donors (Lipinski definition) is 1. The highest BCUT2D eigenvalue weighted by Crippen LogP contribution is 2.27. The molecular weight excluding hydrogens is 401 g/mol. The van der Waals surface area contributed by atoms with Crippen molar-refractivity contribution in [2.45, 2.75) is 19.5 Å². The first kappa shape index (κ1) is 22.8. The summed E-state index contributed by atoms with van der Waals surface area (Å²) in [6.07, 6.45) is 1.33. The number of rotatable bonds is 9. The highest BCUT2D eigenvalue weighted by atomic mass is 19.4. The zero-order valence-electron chi connectivity index (χ0n) is 16.0. The molecular formula is C21H19F3N2O4. The summed E-state index contributed by atoms with van der Waals surface area (Å²) in [5.74, 6) is 0.694. The fourth-order valence-corrected chi connectivity index (χ4v) is 2.25. The summed E-state index contributed by atoms with van der Waals surface area (Å²) in [4.78, 5) is 21.0. The van der Waals surface area contributed by atoms with Crippen molar-refractivity contribution in [2.75, 3.05) is 13.2 Å². The Kier molecular flexibility index (Phi) is 8.26. The number of terminal acetylenes is 1. The molecule has 6 nitrogen and oxygen atoms in total. The Balaban J connectivity index is 2.01. The molecule has 1 amide bonds. The topological polar surface area (TPSA) is 69.7 Å². The van der Waals surface area contributed by atoms with Crippen molar-refractivity contribution in [2.24, 2.45) is 0 Å². The molecule has 1 N–H and O–H groups in total. The zero-order chi connectivity index (χ0) is 22.0. The number of alkyl halides is 3. The number of pyridine rings is 1. The Bertz CT molecular complexity index is 919. The van der Waals surface area contributed by atoms with Gasteiger partial charge in [0.1, 0.15) is 24.3 Å². The van der Waals surface area contributed by atoms with Crippen LogP contribution >= 0.6 is 0 Å². The molecule has 2 aromatic rings. The minimum Gasteiger partial charge on any atom is -0.487 e. The molecule has 0 radical (unpaired) electrons. The first-order chi connectivity index (χ1) is 14.3. The third-order valence-corrected chi connectivity index (χ3v) is 3.55. The van der Waals surface area contributed by atoms with E-state index < -0.39 is 17.8 Å². The number of ether oxygens (including phenoxy) is 2. The molecule has 0 bridgehead atoms. The third kappa shape index (κ3) is 7.14. The molecule has 0 spiro atoms. The van der Waals surface area contributed by atoms with Gasteiger partial charge in [0, 0.05) is 12.1 Å². The largest absolute Gasteiger partial charge is 0.487 e. The smallest absolute Gasteiger partial charge is 0.452 e. The van der Waals surface area contributed by atoms with E-state index in [0.717, 1.165) is 5.56 Å². The highest BCUT2D eigenvalue weighted by Gasteiger charge is 2.36. The van der Waals surface area contributed by atoms with E-state index in [1.165, 1.54) is 25.1 Å². The van der Waals surface area contributed by atoms with E-state index in [0.29, 0.717) is 18.4 Å². The summed E-state index contributed by atoms with van der Waals surface area (Å²) in [7, 11) is 0. The van der Waals surface area contributed by atoms with Crippen LogP contribution in [0.1, 0.15) is 28.7 Å².